The predicted molar refractivity (Wildman–Crippen MR) is 128 cm³/mol. The van der Waals surface area contributed by atoms with Crippen LogP contribution in [0.2, 0.25) is 0 Å². The van der Waals surface area contributed by atoms with Crippen molar-refractivity contribution in [3.8, 4) is 16.9 Å². The molecular weight excluding hydrogens is 458 g/mol. The van der Waals surface area contributed by atoms with Crippen molar-refractivity contribution >= 4 is 15.9 Å². The van der Waals surface area contributed by atoms with Crippen molar-refractivity contribution in [2.75, 3.05) is 47.4 Å². The maximum absolute atomic E-state index is 13.6. The SMILES string of the molecule is C[C@@H]1CN([C@H](C)CO)S(=O)(=O)c2ccc(-c3cncnc3)cc2O[C@H]1CN(C)C(=O)CN(C)C. The third-order valence-electron chi connectivity index (χ3n) is 5.89. The number of hydrogen-bond acceptors (Lipinski definition) is 8. The van der Waals surface area contributed by atoms with Gasteiger partial charge in [0.25, 0.3) is 0 Å². The highest BCUT2D eigenvalue weighted by Gasteiger charge is 2.38. The maximum atomic E-state index is 13.6. The van der Waals surface area contributed by atoms with E-state index in [2.05, 4.69) is 9.97 Å². The van der Waals surface area contributed by atoms with E-state index in [9.17, 15) is 18.3 Å². The van der Waals surface area contributed by atoms with Gasteiger partial charge >= 0.3 is 0 Å². The largest absolute Gasteiger partial charge is 0.487 e. The van der Waals surface area contributed by atoms with E-state index in [1.807, 2.05) is 21.0 Å². The number of benzene rings is 1. The average molecular weight is 492 g/mol. The van der Waals surface area contributed by atoms with Crippen molar-refractivity contribution in [2.45, 2.75) is 30.9 Å². The van der Waals surface area contributed by atoms with E-state index in [0.717, 1.165) is 5.56 Å². The molecule has 3 atom stereocenters. The summed E-state index contributed by atoms with van der Waals surface area (Å²) < 4.78 is 34.8. The van der Waals surface area contributed by atoms with Gasteiger partial charge in [0, 0.05) is 43.5 Å². The summed E-state index contributed by atoms with van der Waals surface area (Å²) in [4.78, 5) is 24.1. The molecule has 34 heavy (non-hydrogen) atoms. The maximum Gasteiger partial charge on any atom is 0.247 e. The number of hydrogen-bond donors (Lipinski definition) is 1. The van der Waals surface area contributed by atoms with Crippen molar-refractivity contribution in [1.82, 2.24) is 24.1 Å². The predicted octanol–water partition coefficient (Wildman–Crippen LogP) is 0.932. The quantitative estimate of drug-likeness (QED) is 0.608. The zero-order chi connectivity index (χ0) is 25.0. The van der Waals surface area contributed by atoms with Crippen LogP contribution in [0.3, 0.4) is 0 Å². The van der Waals surface area contributed by atoms with Crippen molar-refractivity contribution in [3.63, 3.8) is 0 Å². The van der Waals surface area contributed by atoms with Gasteiger partial charge in [-0.3, -0.25) is 4.79 Å². The number of carbonyl (C=O) groups excluding carboxylic acids is 1. The Morgan fingerprint density at radius 2 is 1.91 bits per heavy atom. The molecule has 0 radical (unpaired) electrons. The first-order chi connectivity index (χ1) is 16.0. The van der Waals surface area contributed by atoms with Gasteiger partial charge in [-0.1, -0.05) is 13.0 Å². The molecule has 1 aromatic heterocycles. The highest BCUT2D eigenvalue weighted by molar-refractivity contribution is 7.89. The summed E-state index contributed by atoms with van der Waals surface area (Å²) in [6, 6.07) is 4.25. The second kappa shape index (κ2) is 10.8. The van der Waals surface area contributed by atoms with Gasteiger partial charge in [-0.25, -0.2) is 18.4 Å². The van der Waals surface area contributed by atoms with Crippen molar-refractivity contribution in [3.05, 3.63) is 36.9 Å². The third kappa shape index (κ3) is 5.72. The first-order valence-corrected chi connectivity index (χ1v) is 12.6. The van der Waals surface area contributed by atoms with Crippen molar-refractivity contribution < 1.29 is 23.1 Å². The summed E-state index contributed by atoms with van der Waals surface area (Å²) in [5.41, 5.74) is 1.43. The molecule has 0 aliphatic carbocycles. The van der Waals surface area contributed by atoms with Gasteiger partial charge in [-0.15, -0.1) is 0 Å². The fourth-order valence-corrected chi connectivity index (χ4v) is 5.66. The van der Waals surface area contributed by atoms with E-state index in [-0.39, 0.29) is 48.7 Å². The number of rotatable bonds is 7. The number of ether oxygens (including phenoxy) is 1. The Kier molecular flexibility index (Phi) is 8.24. The van der Waals surface area contributed by atoms with Gasteiger partial charge in [-0.2, -0.15) is 4.31 Å². The molecule has 1 aliphatic rings. The lowest BCUT2D eigenvalue weighted by atomic mass is 10.0. The molecule has 1 N–H and O–H groups in total. The standard InChI is InChI=1S/C23H33N5O5S/c1-16-11-28(17(2)14-29)34(31,32)22-7-6-18(19-9-24-15-25-10-19)8-20(22)33-21(16)12-27(5)23(30)13-26(3)4/h6-10,15-17,21,29H,11-14H2,1-5H3/t16-,17-,21+/m1/s1. The van der Waals surface area contributed by atoms with Crippen LogP contribution in [0, 0.1) is 5.92 Å². The minimum Gasteiger partial charge on any atom is -0.487 e. The van der Waals surface area contributed by atoms with Crippen LogP contribution < -0.4 is 4.74 Å². The van der Waals surface area contributed by atoms with Crippen LogP contribution in [0.1, 0.15) is 13.8 Å². The molecular formula is C23H33N5O5S. The van der Waals surface area contributed by atoms with Crippen LogP contribution >= 0.6 is 0 Å². The van der Waals surface area contributed by atoms with E-state index >= 15 is 0 Å². The Bertz CT molecular complexity index is 1100. The highest BCUT2D eigenvalue weighted by Crippen LogP contribution is 2.36. The molecule has 1 aromatic carbocycles. The van der Waals surface area contributed by atoms with Crippen molar-refractivity contribution in [2.24, 2.45) is 5.92 Å². The van der Waals surface area contributed by atoms with Gasteiger partial charge in [0.2, 0.25) is 15.9 Å². The second-order valence-electron chi connectivity index (χ2n) is 9.04. The Balaban J connectivity index is 2.06. The zero-order valence-corrected chi connectivity index (χ0v) is 21.1. The smallest absolute Gasteiger partial charge is 0.247 e. The molecule has 11 heteroatoms. The number of carbonyl (C=O) groups is 1. The molecule has 0 saturated carbocycles. The van der Waals surface area contributed by atoms with Crippen LogP contribution in [-0.2, 0) is 14.8 Å². The zero-order valence-electron chi connectivity index (χ0n) is 20.2. The van der Waals surface area contributed by atoms with E-state index < -0.39 is 22.2 Å². The summed E-state index contributed by atoms with van der Waals surface area (Å²) in [6.45, 7) is 3.94. The number of sulfonamides is 1. The van der Waals surface area contributed by atoms with E-state index in [0.29, 0.717) is 5.56 Å². The molecule has 0 fully saturated rings. The number of aliphatic hydroxyl groups is 1. The number of fused-ring (bicyclic) bond motifs is 1. The molecule has 0 bridgehead atoms. The molecule has 2 aromatic rings. The number of nitrogens with zero attached hydrogens (tertiary/aromatic N) is 5. The summed E-state index contributed by atoms with van der Waals surface area (Å²) in [5.74, 6) is -0.122. The minimum atomic E-state index is -3.94. The summed E-state index contributed by atoms with van der Waals surface area (Å²) >= 11 is 0. The molecule has 2 heterocycles. The minimum absolute atomic E-state index is 0.0209. The Labute approximate surface area is 201 Å². The van der Waals surface area contributed by atoms with Crippen LogP contribution in [0.25, 0.3) is 11.1 Å². The first-order valence-electron chi connectivity index (χ1n) is 11.1. The fourth-order valence-electron chi connectivity index (χ4n) is 3.83. The summed E-state index contributed by atoms with van der Waals surface area (Å²) in [6.07, 6.45) is 4.23. The Morgan fingerprint density at radius 1 is 1.24 bits per heavy atom. The van der Waals surface area contributed by atoms with Crippen LogP contribution in [-0.4, -0.2) is 103 Å². The lowest BCUT2D eigenvalue weighted by Gasteiger charge is -2.37. The lowest BCUT2D eigenvalue weighted by molar-refractivity contribution is -0.132. The molecule has 3 rings (SSSR count). The third-order valence-corrected chi connectivity index (χ3v) is 7.91. The molecule has 0 saturated heterocycles. The number of likely N-dealkylation sites (N-methyl/N-ethyl adjacent to an activating group) is 2. The number of aromatic nitrogens is 2. The van der Waals surface area contributed by atoms with Gasteiger partial charge < -0.3 is 19.6 Å². The van der Waals surface area contributed by atoms with E-state index in [4.69, 9.17) is 4.74 Å². The molecule has 186 valence electrons. The Hall–Kier alpha value is -2.60. The molecule has 0 unspecified atom stereocenters. The topological polar surface area (TPSA) is 116 Å². The van der Waals surface area contributed by atoms with Crippen LogP contribution in [0.5, 0.6) is 5.75 Å². The second-order valence-corrected chi connectivity index (χ2v) is 10.9. The van der Waals surface area contributed by atoms with Gasteiger partial charge in [0.15, 0.2) is 0 Å². The van der Waals surface area contributed by atoms with Crippen LogP contribution in [0.4, 0.5) is 0 Å². The normalized spacial score (nSPS) is 21.1. The van der Waals surface area contributed by atoms with Gasteiger partial charge in [-0.05, 0) is 38.7 Å². The monoisotopic (exact) mass is 491 g/mol. The molecule has 1 aliphatic heterocycles. The molecule has 1 amide bonds. The number of amides is 1. The van der Waals surface area contributed by atoms with E-state index in [1.165, 1.54) is 16.7 Å². The fraction of sp³-hybridized carbons (Fsp3) is 0.522. The van der Waals surface area contributed by atoms with E-state index in [1.54, 1.807) is 48.3 Å². The molecule has 10 nitrogen and oxygen atoms in total. The van der Waals surface area contributed by atoms with Gasteiger partial charge in [0.1, 0.15) is 23.1 Å². The number of aliphatic hydroxyl groups excluding tert-OH is 1. The first kappa shape index (κ1) is 26.0. The van der Waals surface area contributed by atoms with Crippen molar-refractivity contribution in [1.29, 1.82) is 0 Å². The van der Waals surface area contributed by atoms with Crippen LogP contribution in [0.15, 0.2) is 41.8 Å². The highest BCUT2D eigenvalue weighted by atomic mass is 32.2. The van der Waals surface area contributed by atoms with Gasteiger partial charge in [0.05, 0.1) is 19.7 Å². The average Bonchev–Trinajstić information content (AvgIpc) is 2.80. The summed E-state index contributed by atoms with van der Waals surface area (Å²) in [7, 11) is 1.42. The Morgan fingerprint density at radius 3 is 2.53 bits per heavy atom. The lowest BCUT2D eigenvalue weighted by Crippen LogP contribution is -2.50. The summed E-state index contributed by atoms with van der Waals surface area (Å²) in [5, 5.41) is 9.77. The molecule has 0 spiro atoms.